The van der Waals surface area contributed by atoms with Gasteiger partial charge < -0.3 is 10.4 Å². The number of carboxylic acid groups (broad SMARTS) is 1. The molecule has 0 radical (unpaired) electrons. The molecule has 0 bridgehead atoms. The molecule has 1 aromatic rings. The summed E-state index contributed by atoms with van der Waals surface area (Å²) in [5.74, 6) is 0. The smallest absolute Gasteiger partial charge is 0.416 e. The molecule has 1 amide bonds. The van der Waals surface area contributed by atoms with Gasteiger partial charge in [0.2, 0.25) is 14.8 Å². The van der Waals surface area contributed by atoms with E-state index in [2.05, 4.69) is 5.32 Å². The van der Waals surface area contributed by atoms with Crippen molar-refractivity contribution < 1.29 is 35.9 Å². The molecule has 1 saturated carbocycles. The van der Waals surface area contributed by atoms with Gasteiger partial charge in [-0.25, -0.2) is 17.6 Å². The molecular weight excluding hydrogens is 354 g/mol. The van der Waals surface area contributed by atoms with Gasteiger partial charge in [0, 0.05) is 6.04 Å². The van der Waals surface area contributed by atoms with Crippen LogP contribution in [0.2, 0.25) is 0 Å². The first-order valence-electron chi connectivity index (χ1n) is 7.06. The van der Waals surface area contributed by atoms with Gasteiger partial charge in [-0.1, -0.05) is 6.07 Å². The fourth-order valence-electron chi connectivity index (χ4n) is 2.69. The van der Waals surface area contributed by atoms with Crippen molar-refractivity contribution in [1.82, 2.24) is 5.32 Å². The predicted octanol–water partition coefficient (Wildman–Crippen LogP) is 3.36. The maximum Gasteiger partial charge on any atom is 0.416 e. The highest BCUT2D eigenvalue weighted by molar-refractivity contribution is 7.92. The molecule has 10 heteroatoms. The van der Waals surface area contributed by atoms with E-state index in [0.29, 0.717) is 12.1 Å². The van der Waals surface area contributed by atoms with E-state index in [-0.39, 0.29) is 12.8 Å². The zero-order valence-electron chi connectivity index (χ0n) is 12.3. The summed E-state index contributed by atoms with van der Waals surface area (Å²) >= 11 is 0. The molecule has 0 unspecified atom stereocenters. The number of hydrogen-bond donors (Lipinski definition) is 2. The molecule has 1 aromatic carbocycles. The zero-order chi connectivity index (χ0) is 18.2. The van der Waals surface area contributed by atoms with Crippen LogP contribution in [0.3, 0.4) is 0 Å². The minimum absolute atomic E-state index is 0.0546. The Morgan fingerprint density at radius 3 is 2.33 bits per heavy atom. The molecule has 0 spiro atoms. The first kappa shape index (κ1) is 18.5. The van der Waals surface area contributed by atoms with Crippen LogP contribution < -0.4 is 5.32 Å². The second kappa shape index (κ2) is 6.23. The van der Waals surface area contributed by atoms with Gasteiger partial charge in [0.25, 0.3) is 0 Å². The summed E-state index contributed by atoms with van der Waals surface area (Å²) in [5, 5.41) is 8.04. The molecule has 2 N–H and O–H groups in total. The van der Waals surface area contributed by atoms with Crippen LogP contribution in [0.1, 0.15) is 31.2 Å². The van der Waals surface area contributed by atoms with E-state index in [1.165, 1.54) is 0 Å². The van der Waals surface area contributed by atoms with Crippen molar-refractivity contribution in [2.24, 2.45) is 0 Å². The molecule has 1 aliphatic rings. The molecule has 134 valence electrons. The van der Waals surface area contributed by atoms with Crippen molar-refractivity contribution in [2.45, 2.75) is 47.8 Å². The Balaban J connectivity index is 2.26. The molecule has 0 heterocycles. The van der Waals surface area contributed by atoms with Crippen LogP contribution in [-0.4, -0.2) is 30.7 Å². The number of rotatable bonds is 3. The van der Waals surface area contributed by atoms with Crippen molar-refractivity contribution in [3.05, 3.63) is 29.8 Å². The molecule has 0 aromatic heterocycles. The molecule has 24 heavy (non-hydrogen) atoms. The van der Waals surface area contributed by atoms with Gasteiger partial charge in [0.15, 0.2) is 0 Å². The molecule has 0 aliphatic heterocycles. The van der Waals surface area contributed by atoms with Gasteiger partial charge >= 0.3 is 12.3 Å². The normalized spacial score (nSPS) is 25.2. The summed E-state index contributed by atoms with van der Waals surface area (Å²) < 4.78 is 77.9. The molecule has 1 fully saturated rings. The van der Waals surface area contributed by atoms with Crippen molar-refractivity contribution in [3.8, 4) is 0 Å². The third kappa shape index (κ3) is 3.63. The van der Waals surface area contributed by atoms with Gasteiger partial charge in [0.05, 0.1) is 10.5 Å². The minimum Gasteiger partial charge on any atom is -0.465 e. The van der Waals surface area contributed by atoms with Gasteiger partial charge in [-0.3, -0.25) is 0 Å². The van der Waals surface area contributed by atoms with Gasteiger partial charge in [-0.2, -0.15) is 13.2 Å². The first-order chi connectivity index (χ1) is 11.0. The monoisotopic (exact) mass is 369 g/mol. The molecule has 2 rings (SSSR count). The lowest BCUT2D eigenvalue weighted by Gasteiger charge is -2.33. The molecule has 0 atom stereocenters. The third-order valence-electron chi connectivity index (χ3n) is 4.01. The predicted molar refractivity (Wildman–Crippen MR) is 75.9 cm³/mol. The standard InChI is InChI=1S/C14H15F4NO4S/c15-13(6-4-10(5-7-13)19-12(20)21)24(22,23)11-3-1-2-9(8-11)14(16,17)18/h1-3,8,10,19H,4-7H2,(H,20,21). The number of hydrogen-bond acceptors (Lipinski definition) is 3. The Morgan fingerprint density at radius 2 is 1.83 bits per heavy atom. The Labute approximate surface area is 135 Å². The SMILES string of the molecule is O=C(O)NC1CCC(F)(S(=O)(=O)c2cccc(C(F)(F)F)c2)CC1. The average Bonchev–Trinajstić information content (AvgIpc) is 2.48. The highest BCUT2D eigenvalue weighted by Gasteiger charge is 2.48. The van der Waals surface area contributed by atoms with Crippen molar-refractivity contribution >= 4 is 15.9 Å². The Morgan fingerprint density at radius 1 is 1.25 bits per heavy atom. The fourth-order valence-corrected chi connectivity index (χ4v) is 4.42. The Kier molecular flexibility index (Phi) is 4.80. The largest absolute Gasteiger partial charge is 0.465 e. The van der Waals surface area contributed by atoms with Gasteiger partial charge in [0.1, 0.15) is 0 Å². The number of amides is 1. The highest BCUT2D eigenvalue weighted by atomic mass is 32.2. The van der Waals surface area contributed by atoms with Crippen LogP contribution >= 0.6 is 0 Å². The number of alkyl halides is 4. The lowest BCUT2D eigenvalue weighted by molar-refractivity contribution is -0.137. The van der Waals surface area contributed by atoms with Crippen LogP contribution in [0.25, 0.3) is 0 Å². The lowest BCUT2D eigenvalue weighted by atomic mass is 9.93. The number of sulfone groups is 1. The average molecular weight is 369 g/mol. The van der Waals surface area contributed by atoms with Crippen LogP contribution in [0.15, 0.2) is 29.2 Å². The van der Waals surface area contributed by atoms with E-state index in [1.54, 1.807) is 0 Å². The van der Waals surface area contributed by atoms with Gasteiger partial charge in [-0.15, -0.1) is 0 Å². The maximum atomic E-state index is 14.9. The quantitative estimate of drug-likeness (QED) is 0.801. The number of carbonyl (C=O) groups is 1. The second-order valence-electron chi connectivity index (χ2n) is 5.64. The third-order valence-corrected chi connectivity index (χ3v) is 6.26. The summed E-state index contributed by atoms with van der Waals surface area (Å²) in [6.07, 6.45) is -7.13. The summed E-state index contributed by atoms with van der Waals surface area (Å²) in [6, 6.07) is 2.38. The molecule has 0 saturated heterocycles. The van der Waals surface area contributed by atoms with E-state index >= 15 is 0 Å². The zero-order valence-corrected chi connectivity index (χ0v) is 13.1. The van der Waals surface area contributed by atoms with E-state index in [4.69, 9.17) is 5.11 Å². The fraction of sp³-hybridized carbons (Fsp3) is 0.500. The lowest BCUT2D eigenvalue weighted by Crippen LogP contribution is -2.44. The topological polar surface area (TPSA) is 83.5 Å². The van der Waals surface area contributed by atoms with Crippen LogP contribution in [0, 0.1) is 0 Å². The van der Waals surface area contributed by atoms with Crippen molar-refractivity contribution in [1.29, 1.82) is 0 Å². The number of nitrogens with one attached hydrogen (secondary N) is 1. The Hall–Kier alpha value is -1.84. The summed E-state index contributed by atoms with van der Waals surface area (Å²) in [4.78, 5) is 9.82. The number of halogens is 4. The van der Waals surface area contributed by atoms with E-state index in [9.17, 15) is 30.8 Å². The van der Waals surface area contributed by atoms with Crippen molar-refractivity contribution in [2.75, 3.05) is 0 Å². The maximum absolute atomic E-state index is 14.9. The van der Waals surface area contributed by atoms with Crippen LogP contribution in [0.5, 0.6) is 0 Å². The first-order valence-corrected chi connectivity index (χ1v) is 8.54. The minimum atomic E-state index is -4.74. The van der Waals surface area contributed by atoms with Crippen molar-refractivity contribution in [3.63, 3.8) is 0 Å². The summed E-state index contributed by atoms with van der Waals surface area (Å²) in [6.45, 7) is 0. The highest BCUT2D eigenvalue weighted by Crippen LogP contribution is 2.41. The van der Waals surface area contributed by atoms with E-state index < -0.39 is 56.5 Å². The van der Waals surface area contributed by atoms with E-state index in [0.717, 1.165) is 12.1 Å². The van der Waals surface area contributed by atoms with Gasteiger partial charge in [-0.05, 0) is 43.9 Å². The van der Waals surface area contributed by atoms with Crippen LogP contribution in [-0.2, 0) is 16.0 Å². The van der Waals surface area contributed by atoms with Crippen LogP contribution in [0.4, 0.5) is 22.4 Å². The molecule has 1 aliphatic carbocycles. The van der Waals surface area contributed by atoms with E-state index in [1.807, 2.05) is 0 Å². The molecular formula is C14H15F4NO4S. The number of benzene rings is 1. The molecule has 5 nitrogen and oxygen atoms in total. The summed E-state index contributed by atoms with van der Waals surface area (Å²) in [7, 11) is -4.64. The summed E-state index contributed by atoms with van der Waals surface area (Å²) in [5.41, 5.74) is -1.17. The second-order valence-corrected chi connectivity index (χ2v) is 7.85. The Bertz CT molecular complexity index is 725.